The van der Waals surface area contributed by atoms with Crippen LogP contribution in [0.2, 0.25) is 5.02 Å². The summed E-state index contributed by atoms with van der Waals surface area (Å²) in [6.07, 6.45) is 2.66. The van der Waals surface area contributed by atoms with Crippen molar-refractivity contribution in [1.29, 1.82) is 0 Å². The van der Waals surface area contributed by atoms with E-state index in [1.54, 1.807) is 0 Å². The number of halogens is 1. The van der Waals surface area contributed by atoms with Crippen LogP contribution in [0.5, 0.6) is 0 Å². The number of aromatic nitrogens is 2. The van der Waals surface area contributed by atoms with Gasteiger partial charge in [-0.15, -0.1) is 0 Å². The maximum absolute atomic E-state index is 6.17. The monoisotopic (exact) mass is 237 g/mol. The second-order valence-corrected chi connectivity index (χ2v) is 4.62. The molecular weight excluding hydrogens is 222 g/mol. The first kappa shape index (κ1) is 11.4. The zero-order valence-corrected chi connectivity index (χ0v) is 10.3. The SMILES string of the molecule is CC(C)n1cnc2cc(Cl)c(CCN)cc21. The highest BCUT2D eigenvalue weighted by molar-refractivity contribution is 6.32. The van der Waals surface area contributed by atoms with Crippen LogP contribution in [0.25, 0.3) is 11.0 Å². The Labute approximate surface area is 100 Å². The van der Waals surface area contributed by atoms with E-state index in [9.17, 15) is 0 Å². The van der Waals surface area contributed by atoms with Crippen LogP contribution in [-0.2, 0) is 6.42 Å². The second-order valence-electron chi connectivity index (χ2n) is 4.22. The Hall–Kier alpha value is -1.06. The van der Waals surface area contributed by atoms with Gasteiger partial charge < -0.3 is 10.3 Å². The zero-order valence-electron chi connectivity index (χ0n) is 9.57. The van der Waals surface area contributed by atoms with Crippen LogP contribution in [0, 0.1) is 0 Å². The molecule has 0 bridgehead atoms. The van der Waals surface area contributed by atoms with E-state index in [0.29, 0.717) is 12.6 Å². The first-order valence-electron chi connectivity index (χ1n) is 5.48. The molecule has 1 heterocycles. The van der Waals surface area contributed by atoms with E-state index in [2.05, 4.69) is 29.5 Å². The number of fused-ring (bicyclic) bond motifs is 1. The number of hydrogen-bond acceptors (Lipinski definition) is 2. The van der Waals surface area contributed by atoms with Crippen molar-refractivity contribution in [3.05, 3.63) is 29.0 Å². The molecule has 0 amide bonds. The van der Waals surface area contributed by atoms with Gasteiger partial charge in [0.1, 0.15) is 0 Å². The molecule has 0 spiro atoms. The van der Waals surface area contributed by atoms with Crippen LogP contribution < -0.4 is 5.73 Å². The standard InChI is InChI=1S/C12H16ClN3/c1-8(2)16-7-15-11-6-10(13)9(3-4-14)5-12(11)16/h5-8H,3-4,14H2,1-2H3. The lowest BCUT2D eigenvalue weighted by molar-refractivity contribution is 0.617. The topological polar surface area (TPSA) is 43.8 Å². The Kier molecular flexibility index (Phi) is 3.17. The molecule has 0 fully saturated rings. The maximum atomic E-state index is 6.17. The van der Waals surface area contributed by atoms with E-state index in [0.717, 1.165) is 28.0 Å². The summed E-state index contributed by atoms with van der Waals surface area (Å²) in [6.45, 7) is 4.89. The van der Waals surface area contributed by atoms with Crippen molar-refractivity contribution in [2.75, 3.05) is 6.54 Å². The Balaban J connectivity index is 2.59. The van der Waals surface area contributed by atoms with Crippen LogP contribution in [0.4, 0.5) is 0 Å². The third-order valence-corrected chi connectivity index (χ3v) is 3.06. The number of rotatable bonds is 3. The predicted molar refractivity (Wildman–Crippen MR) is 67.9 cm³/mol. The first-order chi connectivity index (χ1) is 7.63. The molecule has 2 N–H and O–H groups in total. The summed E-state index contributed by atoms with van der Waals surface area (Å²) >= 11 is 6.17. The molecule has 0 saturated carbocycles. The van der Waals surface area contributed by atoms with E-state index in [4.69, 9.17) is 17.3 Å². The van der Waals surface area contributed by atoms with Gasteiger partial charge >= 0.3 is 0 Å². The Morgan fingerprint density at radius 1 is 1.44 bits per heavy atom. The van der Waals surface area contributed by atoms with Crippen molar-refractivity contribution in [2.24, 2.45) is 5.73 Å². The van der Waals surface area contributed by atoms with Crippen molar-refractivity contribution >= 4 is 22.6 Å². The molecule has 0 saturated heterocycles. The largest absolute Gasteiger partial charge is 0.330 e. The summed E-state index contributed by atoms with van der Waals surface area (Å²) in [5, 5.41) is 0.756. The summed E-state index contributed by atoms with van der Waals surface area (Å²) < 4.78 is 2.14. The normalized spacial score (nSPS) is 11.6. The average molecular weight is 238 g/mol. The maximum Gasteiger partial charge on any atom is 0.0960 e. The van der Waals surface area contributed by atoms with Gasteiger partial charge in [0, 0.05) is 11.1 Å². The third-order valence-electron chi connectivity index (χ3n) is 2.71. The van der Waals surface area contributed by atoms with Gasteiger partial charge in [-0.3, -0.25) is 0 Å². The Morgan fingerprint density at radius 3 is 2.81 bits per heavy atom. The summed E-state index contributed by atoms with van der Waals surface area (Å²) in [4.78, 5) is 4.35. The lowest BCUT2D eigenvalue weighted by Gasteiger charge is -2.09. The molecule has 86 valence electrons. The van der Waals surface area contributed by atoms with Gasteiger partial charge in [0.15, 0.2) is 0 Å². The number of benzene rings is 1. The molecule has 0 aliphatic carbocycles. The van der Waals surface area contributed by atoms with Gasteiger partial charge in [-0.25, -0.2) is 4.98 Å². The summed E-state index contributed by atoms with van der Waals surface area (Å²) in [7, 11) is 0. The van der Waals surface area contributed by atoms with Crippen molar-refractivity contribution in [3.8, 4) is 0 Å². The molecule has 1 aromatic heterocycles. The lowest BCUT2D eigenvalue weighted by atomic mass is 10.1. The number of imidazole rings is 1. The van der Waals surface area contributed by atoms with E-state index < -0.39 is 0 Å². The van der Waals surface area contributed by atoms with E-state index >= 15 is 0 Å². The van der Waals surface area contributed by atoms with Gasteiger partial charge in [-0.2, -0.15) is 0 Å². The highest BCUT2D eigenvalue weighted by Crippen LogP contribution is 2.25. The number of nitrogens with two attached hydrogens (primary N) is 1. The molecule has 4 heteroatoms. The smallest absolute Gasteiger partial charge is 0.0960 e. The number of hydrogen-bond donors (Lipinski definition) is 1. The third kappa shape index (κ3) is 1.93. The highest BCUT2D eigenvalue weighted by Gasteiger charge is 2.09. The molecule has 0 unspecified atom stereocenters. The minimum atomic E-state index is 0.400. The predicted octanol–water partition coefficient (Wildman–Crippen LogP) is 2.77. The van der Waals surface area contributed by atoms with Gasteiger partial charge in [-0.05, 0) is 44.5 Å². The molecule has 16 heavy (non-hydrogen) atoms. The number of nitrogens with zero attached hydrogens (tertiary/aromatic N) is 2. The van der Waals surface area contributed by atoms with E-state index in [1.165, 1.54) is 0 Å². The van der Waals surface area contributed by atoms with Crippen LogP contribution in [0.1, 0.15) is 25.5 Å². The van der Waals surface area contributed by atoms with Crippen LogP contribution in [0.3, 0.4) is 0 Å². The minimum Gasteiger partial charge on any atom is -0.330 e. The zero-order chi connectivity index (χ0) is 11.7. The van der Waals surface area contributed by atoms with E-state index in [1.807, 2.05) is 12.4 Å². The highest BCUT2D eigenvalue weighted by atomic mass is 35.5. The molecule has 2 rings (SSSR count). The molecule has 0 radical (unpaired) electrons. The average Bonchev–Trinajstić information content (AvgIpc) is 2.61. The summed E-state index contributed by atoms with van der Waals surface area (Å²) in [5.41, 5.74) is 8.73. The fourth-order valence-electron chi connectivity index (χ4n) is 1.85. The molecule has 2 aromatic rings. The van der Waals surface area contributed by atoms with E-state index in [-0.39, 0.29) is 0 Å². The van der Waals surface area contributed by atoms with Crippen molar-refractivity contribution in [2.45, 2.75) is 26.3 Å². The molecule has 0 atom stereocenters. The quantitative estimate of drug-likeness (QED) is 0.892. The Bertz CT molecular complexity index is 502. The van der Waals surface area contributed by atoms with Gasteiger partial charge in [0.2, 0.25) is 0 Å². The fraction of sp³-hybridized carbons (Fsp3) is 0.417. The second kappa shape index (κ2) is 4.44. The molecular formula is C12H16ClN3. The van der Waals surface area contributed by atoms with Crippen LogP contribution in [0.15, 0.2) is 18.5 Å². The summed E-state index contributed by atoms with van der Waals surface area (Å²) in [5.74, 6) is 0. The first-order valence-corrected chi connectivity index (χ1v) is 5.86. The van der Waals surface area contributed by atoms with Crippen LogP contribution >= 0.6 is 11.6 Å². The fourth-order valence-corrected chi connectivity index (χ4v) is 2.10. The van der Waals surface area contributed by atoms with Crippen molar-refractivity contribution in [1.82, 2.24) is 9.55 Å². The summed E-state index contributed by atoms with van der Waals surface area (Å²) in [6, 6.07) is 4.41. The molecule has 1 aromatic carbocycles. The van der Waals surface area contributed by atoms with Gasteiger partial charge in [0.25, 0.3) is 0 Å². The van der Waals surface area contributed by atoms with Crippen molar-refractivity contribution in [3.63, 3.8) is 0 Å². The molecule has 0 aliphatic rings. The van der Waals surface area contributed by atoms with Crippen molar-refractivity contribution < 1.29 is 0 Å². The minimum absolute atomic E-state index is 0.400. The lowest BCUT2D eigenvalue weighted by Crippen LogP contribution is -2.04. The molecule has 3 nitrogen and oxygen atoms in total. The Morgan fingerprint density at radius 2 is 2.19 bits per heavy atom. The van der Waals surface area contributed by atoms with Gasteiger partial charge in [0.05, 0.1) is 17.4 Å². The van der Waals surface area contributed by atoms with Crippen LogP contribution in [-0.4, -0.2) is 16.1 Å². The van der Waals surface area contributed by atoms with Gasteiger partial charge in [-0.1, -0.05) is 11.6 Å². The molecule has 0 aliphatic heterocycles.